The van der Waals surface area contributed by atoms with Gasteiger partial charge in [0, 0.05) is 46.4 Å². The van der Waals surface area contributed by atoms with Gasteiger partial charge in [0.1, 0.15) is 0 Å². The van der Waals surface area contributed by atoms with Gasteiger partial charge in [-0.15, -0.1) is 24.0 Å². The van der Waals surface area contributed by atoms with Crippen molar-refractivity contribution in [3.63, 3.8) is 0 Å². The Morgan fingerprint density at radius 1 is 1.12 bits per heavy atom. The third kappa shape index (κ3) is 7.93. The van der Waals surface area contributed by atoms with E-state index in [9.17, 15) is 13.2 Å². The number of guanidine groups is 1. The Labute approximate surface area is 204 Å². The topological polar surface area (TPSA) is 48.9 Å². The molecule has 9 heteroatoms. The van der Waals surface area contributed by atoms with Crippen molar-refractivity contribution in [2.75, 3.05) is 27.2 Å². The predicted octanol–water partition coefficient (Wildman–Crippen LogP) is 4.41. The number of hydrogen-bond acceptors (Lipinski definition) is 3. The molecule has 0 aromatic heterocycles. The minimum atomic E-state index is -4.30. The predicted molar refractivity (Wildman–Crippen MR) is 131 cm³/mol. The summed E-state index contributed by atoms with van der Waals surface area (Å²) in [5, 5.41) is 6.78. The fraction of sp³-hybridized carbons (Fsp3) is 0.435. The van der Waals surface area contributed by atoms with Gasteiger partial charge in [0.2, 0.25) is 0 Å². The molecule has 0 radical (unpaired) electrons. The summed E-state index contributed by atoms with van der Waals surface area (Å²) in [5.74, 6) is 0.735. The Morgan fingerprint density at radius 2 is 1.84 bits per heavy atom. The molecule has 1 aliphatic rings. The van der Waals surface area contributed by atoms with Gasteiger partial charge in [-0.05, 0) is 35.2 Å². The second kappa shape index (κ2) is 12.4. The molecule has 32 heavy (non-hydrogen) atoms. The number of hydrogen-bond donors (Lipinski definition) is 2. The van der Waals surface area contributed by atoms with E-state index in [0.717, 1.165) is 54.3 Å². The molecule has 2 aromatic carbocycles. The summed E-state index contributed by atoms with van der Waals surface area (Å²) in [6, 6.07) is 13.8. The Hall–Kier alpha value is -1.85. The van der Waals surface area contributed by atoms with Crippen LogP contribution in [0, 0.1) is 0 Å². The van der Waals surface area contributed by atoms with Gasteiger partial charge < -0.3 is 15.4 Å². The van der Waals surface area contributed by atoms with Gasteiger partial charge in [-0.3, -0.25) is 9.89 Å². The van der Waals surface area contributed by atoms with Crippen LogP contribution in [0.15, 0.2) is 53.5 Å². The SMILES string of the molecule is CN=C(NCc1cccc(COC)c1)NC1CCN(Cc2ccc(C(F)(F)F)cc2)C1.I. The number of alkyl halides is 3. The Bertz CT molecular complexity index is 874. The van der Waals surface area contributed by atoms with Crippen LogP contribution < -0.4 is 10.6 Å². The lowest BCUT2D eigenvalue weighted by molar-refractivity contribution is -0.137. The van der Waals surface area contributed by atoms with Crippen LogP contribution in [0.4, 0.5) is 13.2 Å². The summed E-state index contributed by atoms with van der Waals surface area (Å²) in [5.41, 5.74) is 2.54. The number of nitrogens with one attached hydrogen (secondary N) is 2. The molecule has 3 rings (SSSR count). The number of rotatable bonds is 7. The lowest BCUT2D eigenvalue weighted by Gasteiger charge is -2.19. The van der Waals surface area contributed by atoms with Crippen LogP contribution >= 0.6 is 24.0 Å². The summed E-state index contributed by atoms with van der Waals surface area (Å²) in [7, 11) is 3.42. The van der Waals surface area contributed by atoms with Crippen molar-refractivity contribution >= 4 is 29.9 Å². The normalized spacial score (nSPS) is 17.2. The number of aliphatic imine (C=N–C) groups is 1. The van der Waals surface area contributed by atoms with Crippen molar-refractivity contribution in [2.24, 2.45) is 4.99 Å². The van der Waals surface area contributed by atoms with Gasteiger partial charge in [-0.1, -0.05) is 36.4 Å². The molecular formula is C23H30F3IN4O. The number of halogens is 4. The molecule has 0 amide bonds. The molecule has 176 valence electrons. The lowest BCUT2D eigenvalue weighted by Crippen LogP contribution is -2.44. The minimum Gasteiger partial charge on any atom is -0.380 e. The summed E-state index contributed by atoms with van der Waals surface area (Å²) >= 11 is 0. The van der Waals surface area contributed by atoms with Crippen LogP contribution in [0.5, 0.6) is 0 Å². The molecule has 2 N–H and O–H groups in total. The van der Waals surface area contributed by atoms with Gasteiger partial charge in [0.25, 0.3) is 0 Å². The Morgan fingerprint density at radius 3 is 2.50 bits per heavy atom. The first-order valence-electron chi connectivity index (χ1n) is 10.3. The van der Waals surface area contributed by atoms with Crippen LogP contribution in [0.1, 0.15) is 28.7 Å². The summed E-state index contributed by atoms with van der Waals surface area (Å²) in [6.45, 7) is 3.56. The maximum Gasteiger partial charge on any atom is 0.416 e. The molecule has 1 unspecified atom stereocenters. The maximum atomic E-state index is 12.7. The van der Waals surface area contributed by atoms with Crippen molar-refractivity contribution in [2.45, 2.75) is 38.3 Å². The van der Waals surface area contributed by atoms with Crippen LogP contribution in [-0.4, -0.2) is 44.1 Å². The zero-order chi connectivity index (χ0) is 22.3. The smallest absolute Gasteiger partial charge is 0.380 e. The highest BCUT2D eigenvalue weighted by atomic mass is 127. The lowest BCUT2D eigenvalue weighted by atomic mass is 10.1. The first-order chi connectivity index (χ1) is 14.9. The van der Waals surface area contributed by atoms with E-state index in [1.54, 1.807) is 26.3 Å². The van der Waals surface area contributed by atoms with E-state index in [1.165, 1.54) is 0 Å². The van der Waals surface area contributed by atoms with E-state index in [2.05, 4.69) is 32.7 Å². The molecular weight excluding hydrogens is 532 g/mol. The Kier molecular flexibility index (Phi) is 10.2. The third-order valence-electron chi connectivity index (χ3n) is 5.29. The van der Waals surface area contributed by atoms with Gasteiger partial charge in [0.05, 0.1) is 12.2 Å². The average Bonchev–Trinajstić information content (AvgIpc) is 3.18. The van der Waals surface area contributed by atoms with Crippen LogP contribution in [0.2, 0.25) is 0 Å². The highest BCUT2D eigenvalue weighted by Crippen LogP contribution is 2.29. The van der Waals surface area contributed by atoms with Crippen LogP contribution in [0.25, 0.3) is 0 Å². The number of nitrogens with zero attached hydrogens (tertiary/aromatic N) is 2. The molecule has 1 aliphatic heterocycles. The highest BCUT2D eigenvalue weighted by Gasteiger charge is 2.30. The van der Waals surface area contributed by atoms with E-state index in [0.29, 0.717) is 19.7 Å². The zero-order valence-corrected chi connectivity index (χ0v) is 20.6. The minimum absolute atomic E-state index is 0. The number of ether oxygens (including phenoxy) is 1. The van der Waals surface area contributed by atoms with E-state index in [4.69, 9.17) is 4.74 Å². The molecule has 1 heterocycles. The summed E-state index contributed by atoms with van der Waals surface area (Å²) in [6.07, 6.45) is -3.35. The Balaban J connectivity index is 0.00000363. The van der Waals surface area contributed by atoms with E-state index >= 15 is 0 Å². The van der Waals surface area contributed by atoms with E-state index < -0.39 is 11.7 Å². The van der Waals surface area contributed by atoms with Gasteiger partial charge >= 0.3 is 6.18 Å². The highest BCUT2D eigenvalue weighted by molar-refractivity contribution is 14.0. The quantitative estimate of drug-likeness (QED) is 0.299. The second-order valence-corrected chi connectivity index (χ2v) is 7.74. The molecule has 0 bridgehead atoms. The second-order valence-electron chi connectivity index (χ2n) is 7.74. The fourth-order valence-electron chi connectivity index (χ4n) is 3.72. The molecule has 1 fully saturated rings. The van der Waals surface area contributed by atoms with E-state index in [1.807, 2.05) is 12.1 Å². The summed E-state index contributed by atoms with van der Waals surface area (Å²) in [4.78, 5) is 6.55. The molecule has 5 nitrogen and oxygen atoms in total. The number of benzene rings is 2. The molecule has 0 spiro atoms. The van der Waals surface area contributed by atoms with Crippen LogP contribution in [0.3, 0.4) is 0 Å². The van der Waals surface area contributed by atoms with Gasteiger partial charge in [-0.25, -0.2) is 0 Å². The van der Waals surface area contributed by atoms with Crippen molar-refractivity contribution in [1.29, 1.82) is 0 Å². The number of methoxy groups -OCH3 is 1. The maximum absolute atomic E-state index is 12.7. The third-order valence-corrected chi connectivity index (χ3v) is 5.29. The average molecular weight is 562 g/mol. The monoisotopic (exact) mass is 562 g/mol. The summed E-state index contributed by atoms with van der Waals surface area (Å²) < 4.78 is 43.3. The fourth-order valence-corrected chi connectivity index (χ4v) is 3.72. The largest absolute Gasteiger partial charge is 0.416 e. The van der Waals surface area contributed by atoms with Crippen molar-refractivity contribution in [1.82, 2.24) is 15.5 Å². The first-order valence-corrected chi connectivity index (χ1v) is 10.3. The van der Waals surface area contributed by atoms with Crippen molar-refractivity contribution in [3.8, 4) is 0 Å². The van der Waals surface area contributed by atoms with E-state index in [-0.39, 0.29) is 30.0 Å². The molecule has 2 aromatic rings. The molecule has 0 aliphatic carbocycles. The number of likely N-dealkylation sites (tertiary alicyclic amines) is 1. The standard InChI is InChI=1S/C23H29F3N4O.HI/c1-27-22(28-13-18-4-3-5-19(12-18)16-31-2)29-21-10-11-30(15-21)14-17-6-8-20(9-7-17)23(24,25)26;/h3-9,12,21H,10-11,13-16H2,1-2H3,(H2,27,28,29);1H. The molecule has 1 saturated heterocycles. The molecule has 1 atom stereocenters. The van der Waals surface area contributed by atoms with Crippen molar-refractivity contribution < 1.29 is 17.9 Å². The van der Waals surface area contributed by atoms with Gasteiger partial charge in [0.15, 0.2) is 5.96 Å². The van der Waals surface area contributed by atoms with Crippen LogP contribution in [-0.2, 0) is 30.6 Å². The zero-order valence-electron chi connectivity index (χ0n) is 18.3. The van der Waals surface area contributed by atoms with Crippen molar-refractivity contribution in [3.05, 3.63) is 70.8 Å². The van der Waals surface area contributed by atoms with Gasteiger partial charge in [-0.2, -0.15) is 13.2 Å². The first kappa shape index (κ1) is 26.4. The molecule has 0 saturated carbocycles.